The van der Waals surface area contributed by atoms with Gasteiger partial charge in [0.15, 0.2) is 0 Å². The van der Waals surface area contributed by atoms with E-state index >= 15 is 0 Å². The molecule has 3 aromatic rings. The van der Waals surface area contributed by atoms with E-state index in [1.165, 1.54) is 6.20 Å². The molecular weight excluding hydrogens is 336 g/mol. The summed E-state index contributed by atoms with van der Waals surface area (Å²) in [4.78, 5) is 12.2. The average Bonchev–Trinajstić information content (AvgIpc) is 3.08. The Labute approximate surface area is 150 Å². The van der Waals surface area contributed by atoms with Crippen LogP contribution in [-0.2, 0) is 11.2 Å². The lowest BCUT2D eigenvalue weighted by Gasteiger charge is -2.08. The van der Waals surface area contributed by atoms with E-state index in [1.54, 1.807) is 29.1 Å². The van der Waals surface area contributed by atoms with E-state index in [9.17, 15) is 4.79 Å². The molecule has 6 heteroatoms. The zero-order chi connectivity index (χ0) is 17.8. The van der Waals surface area contributed by atoms with Crippen molar-refractivity contribution in [1.82, 2.24) is 9.78 Å². The number of aryl methyl sites for hydroxylation is 1. The van der Waals surface area contributed by atoms with Crippen molar-refractivity contribution < 1.29 is 4.79 Å². The van der Waals surface area contributed by atoms with Crippen LogP contribution in [-0.4, -0.2) is 15.7 Å². The van der Waals surface area contributed by atoms with Gasteiger partial charge in [0, 0.05) is 16.9 Å². The summed E-state index contributed by atoms with van der Waals surface area (Å²) in [5.74, 6) is -0.133. The number of benzene rings is 2. The Morgan fingerprint density at radius 1 is 1.28 bits per heavy atom. The third-order valence-electron chi connectivity index (χ3n) is 3.68. The number of aromatic nitrogens is 2. The van der Waals surface area contributed by atoms with E-state index in [-0.39, 0.29) is 12.3 Å². The molecule has 124 valence electrons. The minimum Gasteiger partial charge on any atom is -0.326 e. The summed E-state index contributed by atoms with van der Waals surface area (Å²) in [5, 5.41) is 16.4. The largest absolute Gasteiger partial charge is 0.326 e. The molecule has 0 aliphatic heterocycles. The minimum atomic E-state index is -0.133. The number of nitrogens with one attached hydrogen (secondary N) is 1. The van der Waals surface area contributed by atoms with Gasteiger partial charge in [0.2, 0.25) is 5.91 Å². The standard InChI is InChI=1S/C19H15ClN4O/c1-13-2-7-18(20)15(8-13)9-19(25)23-16-3-5-17(6-4-16)24-12-14(10-21)11-22-24/h2-8,11-12H,9H2,1H3,(H,23,25). The molecule has 1 amide bonds. The van der Waals surface area contributed by atoms with E-state index in [4.69, 9.17) is 16.9 Å². The third-order valence-corrected chi connectivity index (χ3v) is 4.05. The van der Waals surface area contributed by atoms with Gasteiger partial charge in [-0.15, -0.1) is 0 Å². The van der Waals surface area contributed by atoms with Crippen molar-refractivity contribution in [2.45, 2.75) is 13.3 Å². The van der Waals surface area contributed by atoms with Crippen molar-refractivity contribution in [1.29, 1.82) is 5.26 Å². The number of anilines is 1. The average molecular weight is 351 g/mol. The van der Waals surface area contributed by atoms with Crippen molar-refractivity contribution in [2.24, 2.45) is 0 Å². The maximum absolute atomic E-state index is 12.2. The van der Waals surface area contributed by atoms with Gasteiger partial charge in [0.1, 0.15) is 6.07 Å². The van der Waals surface area contributed by atoms with Gasteiger partial charge in [-0.05, 0) is 42.8 Å². The van der Waals surface area contributed by atoms with Crippen LogP contribution in [0.25, 0.3) is 5.69 Å². The molecule has 1 aromatic heterocycles. The van der Waals surface area contributed by atoms with Crippen molar-refractivity contribution in [2.75, 3.05) is 5.32 Å². The highest BCUT2D eigenvalue weighted by atomic mass is 35.5. The number of amides is 1. The Bertz CT molecular complexity index is 954. The summed E-state index contributed by atoms with van der Waals surface area (Å²) < 4.78 is 1.61. The first-order valence-corrected chi connectivity index (χ1v) is 8.03. The SMILES string of the molecule is Cc1ccc(Cl)c(CC(=O)Nc2ccc(-n3cc(C#N)cn3)cc2)c1. The molecule has 1 N–H and O–H groups in total. The van der Waals surface area contributed by atoms with Gasteiger partial charge in [0.25, 0.3) is 0 Å². The first-order valence-electron chi connectivity index (χ1n) is 7.65. The van der Waals surface area contributed by atoms with Gasteiger partial charge in [-0.2, -0.15) is 10.4 Å². The molecule has 0 aliphatic carbocycles. The third kappa shape index (κ3) is 4.06. The molecule has 0 spiro atoms. The van der Waals surface area contributed by atoms with Crippen molar-refractivity contribution in [3.8, 4) is 11.8 Å². The van der Waals surface area contributed by atoms with E-state index in [0.717, 1.165) is 16.8 Å². The monoisotopic (exact) mass is 350 g/mol. The fourth-order valence-electron chi connectivity index (χ4n) is 2.44. The van der Waals surface area contributed by atoms with Gasteiger partial charge < -0.3 is 5.32 Å². The van der Waals surface area contributed by atoms with Crippen molar-refractivity contribution in [3.63, 3.8) is 0 Å². The molecule has 0 radical (unpaired) electrons. The maximum Gasteiger partial charge on any atom is 0.228 e. The Morgan fingerprint density at radius 2 is 2.04 bits per heavy atom. The molecule has 3 rings (SSSR count). The summed E-state index contributed by atoms with van der Waals surface area (Å²) in [7, 11) is 0. The summed E-state index contributed by atoms with van der Waals surface area (Å²) in [6.07, 6.45) is 3.36. The Balaban J connectivity index is 1.67. The number of hydrogen-bond donors (Lipinski definition) is 1. The number of hydrogen-bond acceptors (Lipinski definition) is 3. The van der Waals surface area contributed by atoms with Crippen molar-refractivity contribution >= 4 is 23.2 Å². The van der Waals surface area contributed by atoms with E-state index in [1.807, 2.05) is 37.3 Å². The van der Waals surface area contributed by atoms with E-state index in [2.05, 4.69) is 10.4 Å². The van der Waals surface area contributed by atoms with Crippen LogP contribution in [0.1, 0.15) is 16.7 Å². The maximum atomic E-state index is 12.2. The number of nitriles is 1. The first kappa shape index (κ1) is 16.7. The summed E-state index contributed by atoms with van der Waals surface area (Å²) in [5.41, 5.74) is 3.85. The highest BCUT2D eigenvalue weighted by Gasteiger charge is 2.08. The van der Waals surface area contributed by atoms with Crippen LogP contribution < -0.4 is 5.32 Å². The molecule has 0 atom stereocenters. The van der Waals surface area contributed by atoms with Gasteiger partial charge in [0.05, 0.1) is 23.9 Å². The fourth-order valence-corrected chi connectivity index (χ4v) is 2.62. The molecule has 2 aromatic carbocycles. The number of halogens is 1. The normalized spacial score (nSPS) is 10.3. The molecule has 0 bridgehead atoms. The van der Waals surface area contributed by atoms with Crippen LogP contribution >= 0.6 is 11.6 Å². The van der Waals surface area contributed by atoms with E-state index in [0.29, 0.717) is 16.3 Å². The zero-order valence-corrected chi connectivity index (χ0v) is 14.3. The van der Waals surface area contributed by atoms with Gasteiger partial charge >= 0.3 is 0 Å². The second kappa shape index (κ2) is 7.20. The molecular formula is C19H15ClN4O. The Kier molecular flexibility index (Phi) is 4.82. The van der Waals surface area contributed by atoms with Crippen LogP contribution in [0.2, 0.25) is 5.02 Å². The minimum absolute atomic E-state index is 0.133. The predicted molar refractivity (Wildman–Crippen MR) is 96.8 cm³/mol. The van der Waals surface area contributed by atoms with Crippen LogP contribution in [0.4, 0.5) is 5.69 Å². The molecule has 0 saturated carbocycles. The number of carbonyl (C=O) groups is 1. The second-order valence-corrected chi connectivity index (χ2v) is 6.06. The van der Waals surface area contributed by atoms with Gasteiger partial charge in [-0.25, -0.2) is 4.68 Å². The lowest BCUT2D eigenvalue weighted by Crippen LogP contribution is -2.14. The Morgan fingerprint density at radius 3 is 2.72 bits per heavy atom. The van der Waals surface area contributed by atoms with Crippen LogP contribution in [0.3, 0.4) is 0 Å². The first-order chi connectivity index (χ1) is 12.0. The molecule has 0 fully saturated rings. The van der Waals surface area contributed by atoms with Crippen LogP contribution in [0.15, 0.2) is 54.9 Å². The van der Waals surface area contributed by atoms with Crippen LogP contribution in [0.5, 0.6) is 0 Å². The zero-order valence-electron chi connectivity index (χ0n) is 13.5. The summed E-state index contributed by atoms with van der Waals surface area (Å²) in [6.45, 7) is 1.96. The number of nitrogens with zero attached hydrogens (tertiary/aromatic N) is 3. The number of carbonyl (C=O) groups excluding carboxylic acids is 1. The fraction of sp³-hybridized carbons (Fsp3) is 0.105. The quantitative estimate of drug-likeness (QED) is 0.776. The van der Waals surface area contributed by atoms with Crippen LogP contribution in [0, 0.1) is 18.3 Å². The summed E-state index contributed by atoms with van der Waals surface area (Å²) in [6, 6.07) is 14.9. The molecule has 0 aliphatic rings. The predicted octanol–water partition coefficient (Wildman–Crippen LogP) is 3.89. The van der Waals surface area contributed by atoms with E-state index < -0.39 is 0 Å². The van der Waals surface area contributed by atoms with Crippen molar-refractivity contribution in [3.05, 3.63) is 76.6 Å². The molecule has 5 nitrogen and oxygen atoms in total. The second-order valence-electron chi connectivity index (χ2n) is 5.65. The molecule has 25 heavy (non-hydrogen) atoms. The van der Waals surface area contributed by atoms with Gasteiger partial charge in [-0.1, -0.05) is 29.3 Å². The highest BCUT2D eigenvalue weighted by Crippen LogP contribution is 2.19. The number of rotatable bonds is 4. The molecule has 0 saturated heterocycles. The molecule has 0 unspecified atom stereocenters. The molecule has 1 heterocycles. The Hall–Kier alpha value is -3.10. The van der Waals surface area contributed by atoms with Gasteiger partial charge in [-0.3, -0.25) is 4.79 Å². The highest BCUT2D eigenvalue weighted by molar-refractivity contribution is 6.31. The lowest BCUT2D eigenvalue weighted by atomic mass is 10.1. The smallest absolute Gasteiger partial charge is 0.228 e. The lowest BCUT2D eigenvalue weighted by molar-refractivity contribution is -0.115. The summed E-state index contributed by atoms with van der Waals surface area (Å²) >= 11 is 6.13. The topological polar surface area (TPSA) is 70.7 Å².